The SMILES string of the molecule is COc1ccc(NC(=O)CCCCc2nc3ccccc3s2)cc1Cl. The molecule has 0 aliphatic carbocycles. The minimum Gasteiger partial charge on any atom is -0.495 e. The van der Waals surface area contributed by atoms with Gasteiger partial charge in [-0.3, -0.25) is 4.79 Å². The smallest absolute Gasteiger partial charge is 0.224 e. The van der Waals surface area contributed by atoms with Gasteiger partial charge >= 0.3 is 0 Å². The Morgan fingerprint density at radius 1 is 1.24 bits per heavy atom. The van der Waals surface area contributed by atoms with Gasteiger partial charge in [-0.1, -0.05) is 23.7 Å². The number of amides is 1. The number of nitrogens with zero attached hydrogens (tertiary/aromatic N) is 1. The number of carbonyl (C=O) groups excluding carboxylic acids is 1. The van der Waals surface area contributed by atoms with Crippen molar-refractivity contribution in [3.63, 3.8) is 0 Å². The zero-order chi connectivity index (χ0) is 17.6. The molecule has 1 aromatic heterocycles. The monoisotopic (exact) mass is 374 g/mol. The number of aromatic nitrogens is 1. The van der Waals surface area contributed by atoms with E-state index >= 15 is 0 Å². The molecule has 25 heavy (non-hydrogen) atoms. The van der Waals surface area contributed by atoms with Crippen LogP contribution >= 0.6 is 22.9 Å². The van der Waals surface area contributed by atoms with Crippen molar-refractivity contribution in [3.8, 4) is 5.75 Å². The number of para-hydroxylation sites is 1. The van der Waals surface area contributed by atoms with E-state index in [0.29, 0.717) is 22.9 Å². The fourth-order valence-electron chi connectivity index (χ4n) is 2.56. The van der Waals surface area contributed by atoms with Gasteiger partial charge in [0.1, 0.15) is 5.75 Å². The third-order valence-electron chi connectivity index (χ3n) is 3.82. The third-order valence-corrected chi connectivity index (χ3v) is 5.21. The van der Waals surface area contributed by atoms with E-state index < -0.39 is 0 Å². The maximum absolute atomic E-state index is 12.0. The quantitative estimate of drug-likeness (QED) is 0.570. The standard InChI is InChI=1S/C19H19ClN2O2S/c1-24-16-11-10-13(12-14(16)20)21-18(23)8-4-5-9-19-22-15-6-2-3-7-17(15)25-19/h2-3,6-7,10-12H,4-5,8-9H2,1H3,(H,21,23). The molecule has 0 saturated heterocycles. The second kappa shape index (κ2) is 8.32. The Morgan fingerprint density at radius 3 is 2.84 bits per heavy atom. The number of anilines is 1. The molecule has 2 aromatic carbocycles. The zero-order valence-corrected chi connectivity index (χ0v) is 15.5. The molecule has 3 rings (SSSR count). The minimum atomic E-state index is -0.00877. The zero-order valence-electron chi connectivity index (χ0n) is 13.9. The van der Waals surface area contributed by atoms with Crippen LogP contribution in [0.2, 0.25) is 5.02 Å². The molecule has 1 heterocycles. The Bertz CT molecular complexity index is 846. The van der Waals surface area contributed by atoms with Gasteiger partial charge in [0.2, 0.25) is 5.91 Å². The van der Waals surface area contributed by atoms with Crippen LogP contribution in [0.15, 0.2) is 42.5 Å². The van der Waals surface area contributed by atoms with E-state index in [-0.39, 0.29) is 5.91 Å². The van der Waals surface area contributed by atoms with E-state index in [4.69, 9.17) is 16.3 Å². The van der Waals surface area contributed by atoms with Gasteiger partial charge in [0.05, 0.1) is 27.4 Å². The van der Waals surface area contributed by atoms with Gasteiger partial charge in [-0.15, -0.1) is 11.3 Å². The molecule has 6 heteroatoms. The van der Waals surface area contributed by atoms with Crippen molar-refractivity contribution in [2.45, 2.75) is 25.7 Å². The van der Waals surface area contributed by atoms with E-state index in [2.05, 4.69) is 16.4 Å². The van der Waals surface area contributed by atoms with Crippen LogP contribution in [0.1, 0.15) is 24.3 Å². The van der Waals surface area contributed by atoms with E-state index in [1.165, 1.54) is 4.70 Å². The summed E-state index contributed by atoms with van der Waals surface area (Å²) in [7, 11) is 1.56. The lowest BCUT2D eigenvalue weighted by Gasteiger charge is -2.08. The van der Waals surface area contributed by atoms with Crippen LogP contribution in [0.4, 0.5) is 5.69 Å². The maximum Gasteiger partial charge on any atom is 0.224 e. The number of hydrogen-bond donors (Lipinski definition) is 1. The second-order valence-electron chi connectivity index (χ2n) is 5.68. The highest BCUT2D eigenvalue weighted by atomic mass is 35.5. The van der Waals surface area contributed by atoms with Gasteiger partial charge in [-0.2, -0.15) is 0 Å². The van der Waals surface area contributed by atoms with E-state index in [0.717, 1.165) is 29.8 Å². The Morgan fingerprint density at radius 2 is 2.08 bits per heavy atom. The van der Waals surface area contributed by atoms with Gasteiger partial charge in [0.15, 0.2) is 0 Å². The minimum absolute atomic E-state index is 0.00877. The molecule has 0 radical (unpaired) electrons. The predicted octanol–water partition coefficient (Wildman–Crippen LogP) is 5.31. The highest BCUT2D eigenvalue weighted by Crippen LogP contribution is 2.27. The van der Waals surface area contributed by atoms with Crippen molar-refractivity contribution in [3.05, 3.63) is 52.5 Å². The summed E-state index contributed by atoms with van der Waals surface area (Å²) in [6.07, 6.45) is 3.15. The summed E-state index contributed by atoms with van der Waals surface area (Å²) in [5, 5.41) is 4.47. The summed E-state index contributed by atoms with van der Waals surface area (Å²) >= 11 is 7.78. The Kier molecular flexibility index (Phi) is 5.89. The maximum atomic E-state index is 12.0. The van der Waals surface area contributed by atoms with Crippen molar-refractivity contribution < 1.29 is 9.53 Å². The first-order valence-corrected chi connectivity index (χ1v) is 9.33. The van der Waals surface area contributed by atoms with Gasteiger partial charge < -0.3 is 10.1 Å². The normalized spacial score (nSPS) is 10.8. The number of methoxy groups -OCH3 is 1. The number of fused-ring (bicyclic) bond motifs is 1. The van der Waals surface area contributed by atoms with E-state index in [1.807, 2.05) is 18.2 Å². The molecule has 0 atom stereocenters. The van der Waals surface area contributed by atoms with Gasteiger partial charge in [-0.05, 0) is 49.6 Å². The first-order chi connectivity index (χ1) is 12.2. The Hall–Kier alpha value is -2.11. The van der Waals surface area contributed by atoms with Crippen LogP contribution in [-0.4, -0.2) is 18.0 Å². The summed E-state index contributed by atoms with van der Waals surface area (Å²) < 4.78 is 6.31. The number of benzene rings is 2. The van der Waals surface area contributed by atoms with Crippen LogP contribution in [0.3, 0.4) is 0 Å². The number of rotatable bonds is 7. The van der Waals surface area contributed by atoms with Crippen LogP contribution in [0.25, 0.3) is 10.2 Å². The van der Waals surface area contributed by atoms with Crippen LogP contribution in [0.5, 0.6) is 5.75 Å². The molecule has 1 amide bonds. The lowest BCUT2D eigenvalue weighted by atomic mass is 10.2. The van der Waals surface area contributed by atoms with Crippen molar-refractivity contribution in [1.29, 1.82) is 0 Å². The van der Waals surface area contributed by atoms with Crippen molar-refractivity contribution in [2.75, 3.05) is 12.4 Å². The number of carbonyl (C=O) groups is 1. The van der Waals surface area contributed by atoms with Crippen LogP contribution in [0, 0.1) is 0 Å². The van der Waals surface area contributed by atoms with Crippen molar-refractivity contribution >= 4 is 44.7 Å². The number of nitrogens with one attached hydrogen (secondary N) is 1. The second-order valence-corrected chi connectivity index (χ2v) is 7.20. The Balaban J connectivity index is 1.44. The average molecular weight is 375 g/mol. The number of thiazole rings is 1. The molecule has 0 aliphatic rings. The highest BCUT2D eigenvalue weighted by molar-refractivity contribution is 7.18. The number of aryl methyl sites for hydroxylation is 1. The predicted molar refractivity (Wildman–Crippen MR) is 104 cm³/mol. The molecular formula is C19H19ClN2O2S. The Labute approximate surface area is 155 Å². The summed E-state index contributed by atoms with van der Waals surface area (Å²) in [6, 6.07) is 13.4. The molecule has 0 saturated carbocycles. The van der Waals surface area contributed by atoms with Crippen LogP contribution < -0.4 is 10.1 Å². The van der Waals surface area contributed by atoms with Gasteiger partial charge in [-0.25, -0.2) is 4.98 Å². The molecule has 0 unspecified atom stereocenters. The molecule has 130 valence electrons. The fourth-order valence-corrected chi connectivity index (χ4v) is 3.82. The fraction of sp³-hybridized carbons (Fsp3) is 0.263. The molecule has 0 spiro atoms. The van der Waals surface area contributed by atoms with Crippen molar-refractivity contribution in [2.24, 2.45) is 0 Å². The highest BCUT2D eigenvalue weighted by Gasteiger charge is 2.07. The average Bonchev–Trinajstić information content (AvgIpc) is 3.02. The first kappa shape index (κ1) is 17.7. The molecule has 3 aromatic rings. The van der Waals surface area contributed by atoms with E-state index in [9.17, 15) is 4.79 Å². The van der Waals surface area contributed by atoms with E-state index in [1.54, 1.807) is 36.6 Å². The van der Waals surface area contributed by atoms with Gasteiger partial charge in [0, 0.05) is 12.1 Å². The lowest BCUT2D eigenvalue weighted by Crippen LogP contribution is -2.11. The number of hydrogen-bond acceptors (Lipinski definition) is 4. The molecule has 0 bridgehead atoms. The lowest BCUT2D eigenvalue weighted by molar-refractivity contribution is -0.116. The molecule has 1 N–H and O–H groups in total. The topological polar surface area (TPSA) is 51.2 Å². The molecule has 0 fully saturated rings. The number of halogens is 1. The third kappa shape index (κ3) is 4.71. The summed E-state index contributed by atoms with van der Waals surface area (Å²) in [6.45, 7) is 0. The first-order valence-electron chi connectivity index (χ1n) is 8.13. The van der Waals surface area contributed by atoms with Gasteiger partial charge in [0.25, 0.3) is 0 Å². The number of ether oxygens (including phenoxy) is 1. The van der Waals surface area contributed by atoms with Crippen LogP contribution in [-0.2, 0) is 11.2 Å². The molecule has 4 nitrogen and oxygen atoms in total. The summed E-state index contributed by atoms with van der Waals surface area (Å²) in [4.78, 5) is 16.6. The summed E-state index contributed by atoms with van der Waals surface area (Å²) in [5.74, 6) is 0.584. The largest absolute Gasteiger partial charge is 0.495 e. The number of unbranched alkanes of at least 4 members (excludes halogenated alkanes) is 1. The molecule has 0 aliphatic heterocycles. The van der Waals surface area contributed by atoms with Crippen molar-refractivity contribution in [1.82, 2.24) is 4.98 Å². The molecular weight excluding hydrogens is 356 g/mol. The summed E-state index contributed by atoms with van der Waals surface area (Å²) in [5.41, 5.74) is 1.73.